The van der Waals surface area contributed by atoms with Crippen molar-refractivity contribution in [2.75, 3.05) is 62.0 Å². The second kappa shape index (κ2) is 14.3. The molecule has 2 N–H and O–H groups in total. The molecule has 0 aliphatic carbocycles. The van der Waals surface area contributed by atoms with Gasteiger partial charge in [0.2, 0.25) is 5.91 Å². The van der Waals surface area contributed by atoms with Gasteiger partial charge in [0.15, 0.2) is 0 Å². The second-order valence-electron chi connectivity index (χ2n) is 10.9. The van der Waals surface area contributed by atoms with Gasteiger partial charge in [-0.05, 0) is 55.2 Å². The van der Waals surface area contributed by atoms with E-state index >= 15 is 0 Å². The molecular weight excluding hydrogens is 628 g/mol. The molecule has 0 bridgehead atoms. The smallest absolute Gasteiger partial charge is 0.406 e. The van der Waals surface area contributed by atoms with Crippen LogP contribution >= 0.6 is 0 Å². The second-order valence-corrected chi connectivity index (χ2v) is 14.1. The summed E-state index contributed by atoms with van der Waals surface area (Å²) in [5.41, 5.74) is 2.01. The van der Waals surface area contributed by atoms with E-state index in [9.17, 15) is 26.4 Å². The van der Waals surface area contributed by atoms with Crippen molar-refractivity contribution < 1.29 is 31.1 Å². The summed E-state index contributed by atoms with van der Waals surface area (Å²) >= 11 is 0. The van der Waals surface area contributed by atoms with Gasteiger partial charge < -0.3 is 24.8 Å². The van der Waals surface area contributed by atoms with Crippen molar-refractivity contribution in [2.24, 2.45) is 0 Å². The van der Waals surface area contributed by atoms with Gasteiger partial charge in [0.1, 0.15) is 23.3 Å². The molecule has 2 aromatic carbocycles. The number of carbonyl (C=O) groups is 1. The fraction of sp³-hybridized carbons (Fsp3) is 0.452. The van der Waals surface area contributed by atoms with E-state index in [4.69, 9.17) is 4.74 Å². The summed E-state index contributed by atoms with van der Waals surface area (Å²) in [7, 11) is -0.744. The molecule has 2 saturated heterocycles. The Kier molecular flexibility index (Phi) is 10.4. The topological polar surface area (TPSA) is 95.9 Å². The number of hydrogen-bond acceptors (Lipinski definition) is 6. The molecule has 2 fully saturated rings. The number of piperazine rings is 1. The predicted octanol–water partition coefficient (Wildman–Crippen LogP) is 4.19. The van der Waals surface area contributed by atoms with Crippen molar-refractivity contribution in [1.29, 1.82) is 0 Å². The first-order chi connectivity index (χ1) is 21.5. The normalized spacial score (nSPS) is 19.9. The molecular formula is C31H36F3N5O4S2. The van der Waals surface area contributed by atoms with Crippen molar-refractivity contribution in [1.82, 2.24) is 13.8 Å². The molecule has 2 aliphatic rings. The number of benzene rings is 2. The van der Waals surface area contributed by atoms with E-state index in [1.54, 1.807) is 41.3 Å². The van der Waals surface area contributed by atoms with E-state index in [2.05, 4.69) is 22.5 Å². The number of methoxy groups -OCH3 is 1. The Hall–Kier alpha value is -3.54. The van der Waals surface area contributed by atoms with Gasteiger partial charge in [0.05, 0.1) is 35.4 Å². The third-order valence-corrected chi connectivity index (χ3v) is 10.8. The molecule has 1 aromatic heterocycles. The van der Waals surface area contributed by atoms with Crippen LogP contribution in [0.1, 0.15) is 25.5 Å². The first-order valence-corrected chi connectivity index (χ1v) is 17.3. The lowest BCUT2D eigenvalue weighted by Gasteiger charge is -2.33. The van der Waals surface area contributed by atoms with Crippen LogP contribution in [0.5, 0.6) is 5.75 Å². The molecule has 0 saturated carbocycles. The van der Waals surface area contributed by atoms with Gasteiger partial charge in [-0.3, -0.25) is 9.00 Å². The van der Waals surface area contributed by atoms with Gasteiger partial charge in [-0.1, -0.05) is 12.0 Å². The van der Waals surface area contributed by atoms with Crippen molar-refractivity contribution in [3.8, 4) is 17.6 Å². The Morgan fingerprint density at radius 2 is 1.82 bits per heavy atom. The first-order valence-electron chi connectivity index (χ1n) is 14.7. The highest BCUT2D eigenvalue weighted by atomic mass is 32.2. The number of amides is 1. The van der Waals surface area contributed by atoms with Crippen LogP contribution in [0.15, 0.2) is 47.4 Å². The fourth-order valence-electron chi connectivity index (χ4n) is 5.54. The minimum Gasteiger partial charge on any atom is -0.495 e. The number of anilines is 2. The molecule has 1 atom stereocenters. The largest absolute Gasteiger partial charge is 0.495 e. The van der Waals surface area contributed by atoms with E-state index in [1.807, 2.05) is 10.4 Å². The third-order valence-electron chi connectivity index (χ3n) is 7.91. The molecule has 3 heterocycles. The zero-order chi connectivity index (χ0) is 32.1. The maximum atomic E-state index is 13.6. The number of fused-ring (bicyclic) bond motifs is 1. The summed E-state index contributed by atoms with van der Waals surface area (Å²) in [4.78, 5) is 13.9. The molecule has 3 aromatic rings. The molecule has 0 spiro atoms. The van der Waals surface area contributed by atoms with E-state index < -0.39 is 34.5 Å². The number of hydrogen-bond donors (Lipinski definition) is 2. The molecule has 242 valence electrons. The Bertz CT molecular complexity index is 1650. The van der Waals surface area contributed by atoms with Gasteiger partial charge in [0, 0.05) is 72.5 Å². The fourth-order valence-corrected chi connectivity index (χ4v) is 8.02. The minimum atomic E-state index is -4.44. The molecule has 2 aliphatic heterocycles. The highest BCUT2D eigenvalue weighted by molar-refractivity contribution is 7.85. The number of nitrogens with one attached hydrogen (secondary N) is 2. The monoisotopic (exact) mass is 663 g/mol. The zero-order valence-electron chi connectivity index (χ0n) is 25.1. The predicted molar refractivity (Wildman–Crippen MR) is 171 cm³/mol. The summed E-state index contributed by atoms with van der Waals surface area (Å²) in [6.45, 7) is 2.50. The van der Waals surface area contributed by atoms with Crippen LogP contribution in [-0.4, -0.2) is 91.7 Å². The molecule has 1 unspecified atom stereocenters. The van der Waals surface area contributed by atoms with E-state index in [-0.39, 0.29) is 24.2 Å². The Labute approximate surface area is 265 Å². The lowest BCUT2D eigenvalue weighted by molar-refractivity contribution is -0.140. The zero-order valence-corrected chi connectivity index (χ0v) is 26.7. The maximum Gasteiger partial charge on any atom is 0.406 e. The quantitative estimate of drug-likeness (QED) is 0.352. The third kappa shape index (κ3) is 8.19. The Morgan fingerprint density at radius 1 is 1.09 bits per heavy atom. The maximum absolute atomic E-state index is 13.6. The molecule has 0 radical (unpaired) electrons. The van der Waals surface area contributed by atoms with Gasteiger partial charge >= 0.3 is 6.18 Å². The average molecular weight is 664 g/mol. The highest BCUT2D eigenvalue weighted by Crippen LogP contribution is 2.32. The van der Waals surface area contributed by atoms with Crippen LogP contribution in [0.4, 0.5) is 24.5 Å². The number of ether oxygens (including phenoxy) is 1. The molecule has 1 amide bonds. The average Bonchev–Trinajstić information content (AvgIpc) is 3.36. The molecule has 45 heavy (non-hydrogen) atoms. The number of alkyl halides is 3. The van der Waals surface area contributed by atoms with E-state index in [0.29, 0.717) is 64.9 Å². The molecule has 9 nitrogen and oxygen atoms in total. The first kappa shape index (κ1) is 32.8. The van der Waals surface area contributed by atoms with Crippen molar-refractivity contribution in [3.05, 3.63) is 48.2 Å². The standard InChI is InChI=1S/C31H36F3N5O4S2/c1-22(40)37-13-15-38(16-14-37)45(42)25-8-9-28(30(20-25)43-2)35-12-4-5-24-19-26-27(36-23-10-17-44(41)18-11-23)6-3-7-29(26)39(24)21-31(32,33)34/h3,6-9,19-20,23,35-36H,10-18,21H2,1-2H3. The number of rotatable bonds is 8. The minimum absolute atomic E-state index is 0.000525. The summed E-state index contributed by atoms with van der Waals surface area (Å²) in [6, 6.07) is 12.2. The van der Waals surface area contributed by atoms with E-state index in [0.717, 1.165) is 18.5 Å². The van der Waals surface area contributed by atoms with Gasteiger partial charge in [-0.25, -0.2) is 8.51 Å². The number of nitrogens with zero attached hydrogens (tertiary/aromatic N) is 3. The Morgan fingerprint density at radius 3 is 2.49 bits per heavy atom. The summed E-state index contributed by atoms with van der Waals surface area (Å²) in [5.74, 6) is 7.52. The van der Waals surface area contributed by atoms with Crippen molar-refractivity contribution in [2.45, 2.75) is 43.4 Å². The Balaban J connectivity index is 1.30. The van der Waals surface area contributed by atoms with Crippen LogP contribution in [-0.2, 0) is 33.1 Å². The van der Waals surface area contributed by atoms with Crippen LogP contribution in [0.25, 0.3) is 10.9 Å². The SMILES string of the molecule is COc1cc(S(=O)N2CCN(C(C)=O)CC2)ccc1NCC#Cc1cc2c(NC3CCS(=O)CC3)cccc2n1CC(F)(F)F. The molecule has 14 heteroatoms. The van der Waals surface area contributed by atoms with E-state index in [1.165, 1.54) is 18.6 Å². The lowest BCUT2D eigenvalue weighted by Crippen LogP contribution is -2.48. The number of aromatic nitrogens is 1. The lowest BCUT2D eigenvalue weighted by atomic mass is 10.1. The van der Waals surface area contributed by atoms with Gasteiger partial charge in [-0.2, -0.15) is 13.2 Å². The van der Waals surface area contributed by atoms with Crippen LogP contribution < -0.4 is 15.4 Å². The van der Waals surface area contributed by atoms with Gasteiger partial charge in [0.25, 0.3) is 0 Å². The summed E-state index contributed by atoms with van der Waals surface area (Å²) in [6.07, 6.45) is -2.96. The van der Waals surface area contributed by atoms with Crippen LogP contribution in [0.2, 0.25) is 0 Å². The number of carbonyl (C=O) groups excluding carboxylic acids is 1. The highest BCUT2D eigenvalue weighted by Gasteiger charge is 2.30. The summed E-state index contributed by atoms with van der Waals surface area (Å²) in [5, 5.41) is 7.24. The summed E-state index contributed by atoms with van der Waals surface area (Å²) < 4.78 is 74.2. The van der Waals surface area contributed by atoms with Gasteiger partial charge in [-0.15, -0.1) is 0 Å². The van der Waals surface area contributed by atoms with Crippen LogP contribution in [0.3, 0.4) is 0 Å². The van der Waals surface area contributed by atoms with Crippen molar-refractivity contribution >= 4 is 50.0 Å². The van der Waals surface area contributed by atoms with Crippen molar-refractivity contribution in [3.63, 3.8) is 0 Å². The number of halogens is 3. The molecule has 5 rings (SSSR count). The van der Waals surface area contributed by atoms with Crippen LogP contribution in [0, 0.1) is 11.8 Å².